The van der Waals surface area contributed by atoms with Crippen molar-refractivity contribution in [1.82, 2.24) is 15.0 Å². The highest BCUT2D eigenvalue weighted by molar-refractivity contribution is 6.03. The Morgan fingerprint density at radius 1 is 0.871 bits per heavy atom. The third kappa shape index (κ3) is 2.89. The van der Waals surface area contributed by atoms with Crippen molar-refractivity contribution in [3.8, 4) is 11.1 Å². The first-order valence-corrected chi connectivity index (χ1v) is 9.64. The van der Waals surface area contributed by atoms with E-state index in [4.69, 9.17) is 5.73 Å². The number of pyridine rings is 1. The maximum absolute atomic E-state index is 15.4. The zero-order valence-corrected chi connectivity index (χ0v) is 16.6. The highest BCUT2D eigenvalue weighted by Crippen LogP contribution is 2.48. The number of hydrogen-bond acceptors (Lipinski definition) is 5. The number of aliphatic imine (C=N–C) groups is 1. The Labute approximate surface area is 177 Å². The Morgan fingerprint density at radius 3 is 2.45 bits per heavy atom. The van der Waals surface area contributed by atoms with Gasteiger partial charge in [0.05, 0.1) is 5.56 Å². The zero-order valence-electron chi connectivity index (χ0n) is 16.6. The molecule has 0 saturated heterocycles. The van der Waals surface area contributed by atoms with Gasteiger partial charge in [-0.25, -0.2) is 23.7 Å². The van der Waals surface area contributed by atoms with Gasteiger partial charge in [0.25, 0.3) is 0 Å². The molecule has 2 N–H and O–H groups in total. The fourth-order valence-electron chi connectivity index (χ4n) is 4.16. The molecular formula is C24H17F2N5. The molecule has 0 radical (unpaired) electrons. The molecule has 1 aliphatic heterocycles. The standard InChI is InChI=1S/C24H17F2N5/c1-14-9-17(7-8-30-14)24(18-3-2-4-21(26)22(18)23(27)31-24)19-10-15(5-6-20(19)25)16-11-28-13-29-12-16/h2-13H,1H3,(H2,27,31). The number of amidine groups is 1. The van der Waals surface area contributed by atoms with E-state index in [2.05, 4.69) is 19.9 Å². The van der Waals surface area contributed by atoms with E-state index in [1.807, 2.05) is 13.0 Å². The van der Waals surface area contributed by atoms with Crippen LogP contribution in [-0.2, 0) is 5.54 Å². The lowest BCUT2D eigenvalue weighted by atomic mass is 9.76. The van der Waals surface area contributed by atoms with Crippen molar-refractivity contribution in [3.63, 3.8) is 0 Å². The van der Waals surface area contributed by atoms with E-state index in [0.29, 0.717) is 16.7 Å². The quantitative estimate of drug-likeness (QED) is 0.548. The molecule has 31 heavy (non-hydrogen) atoms. The van der Waals surface area contributed by atoms with Crippen LogP contribution < -0.4 is 5.73 Å². The maximum Gasteiger partial charge on any atom is 0.142 e. The van der Waals surface area contributed by atoms with Crippen LogP contribution in [0.2, 0.25) is 0 Å². The number of nitrogens with two attached hydrogens (primary N) is 1. The second-order valence-corrected chi connectivity index (χ2v) is 7.38. The van der Waals surface area contributed by atoms with Crippen molar-refractivity contribution in [2.75, 3.05) is 0 Å². The van der Waals surface area contributed by atoms with Gasteiger partial charge in [-0.05, 0) is 48.4 Å². The van der Waals surface area contributed by atoms with Gasteiger partial charge in [-0.1, -0.05) is 18.2 Å². The van der Waals surface area contributed by atoms with Gasteiger partial charge < -0.3 is 5.73 Å². The normalized spacial score (nSPS) is 17.3. The molecule has 5 rings (SSSR count). The van der Waals surface area contributed by atoms with Crippen molar-refractivity contribution in [1.29, 1.82) is 0 Å². The summed E-state index contributed by atoms with van der Waals surface area (Å²) in [4.78, 5) is 17.0. The Bertz CT molecular complexity index is 1340. The summed E-state index contributed by atoms with van der Waals surface area (Å²) in [5, 5.41) is 0. The van der Waals surface area contributed by atoms with Gasteiger partial charge in [0.15, 0.2) is 0 Å². The number of nitrogens with zero attached hydrogens (tertiary/aromatic N) is 4. The number of rotatable bonds is 3. The molecule has 3 heterocycles. The molecule has 152 valence electrons. The second-order valence-electron chi connectivity index (χ2n) is 7.38. The summed E-state index contributed by atoms with van der Waals surface area (Å²) in [7, 11) is 0. The molecule has 1 atom stereocenters. The average molecular weight is 413 g/mol. The van der Waals surface area contributed by atoms with Crippen LogP contribution in [0.3, 0.4) is 0 Å². The molecule has 2 aromatic carbocycles. The van der Waals surface area contributed by atoms with E-state index in [9.17, 15) is 4.39 Å². The minimum Gasteiger partial charge on any atom is -0.383 e. The Kier molecular flexibility index (Phi) is 4.32. The van der Waals surface area contributed by atoms with E-state index in [1.54, 1.807) is 48.9 Å². The number of hydrogen-bond donors (Lipinski definition) is 1. The molecule has 5 nitrogen and oxygen atoms in total. The maximum atomic E-state index is 15.4. The first kappa shape index (κ1) is 19.0. The molecule has 7 heteroatoms. The summed E-state index contributed by atoms with van der Waals surface area (Å²) < 4.78 is 30.2. The fourth-order valence-corrected chi connectivity index (χ4v) is 4.16. The first-order chi connectivity index (χ1) is 15.0. The SMILES string of the molecule is Cc1cc(C2(c3cc(-c4cncnc4)ccc3F)N=C(N)c3c(F)cccc32)ccn1. The summed E-state index contributed by atoms with van der Waals surface area (Å²) in [6.45, 7) is 1.83. The highest BCUT2D eigenvalue weighted by atomic mass is 19.1. The lowest BCUT2D eigenvalue weighted by Crippen LogP contribution is -2.27. The molecule has 0 saturated carbocycles. The predicted octanol–water partition coefficient (Wildman–Crippen LogP) is 4.14. The molecule has 0 spiro atoms. The van der Waals surface area contributed by atoms with Crippen LogP contribution in [-0.4, -0.2) is 20.8 Å². The predicted molar refractivity (Wildman–Crippen MR) is 113 cm³/mol. The van der Waals surface area contributed by atoms with Gasteiger partial charge in [0.2, 0.25) is 0 Å². The zero-order chi connectivity index (χ0) is 21.6. The van der Waals surface area contributed by atoms with E-state index >= 15 is 4.39 Å². The fraction of sp³-hybridized carbons (Fsp3) is 0.0833. The molecule has 1 aliphatic rings. The molecule has 4 aromatic rings. The molecule has 0 aliphatic carbocycles. The minimum atomic E-state index is -1.36. The van der Waals surface area contributed by atoms with Crippen molar-refractivity contribution in [3.05, 3.63) is 113 Å². The van der Waals surface area contributed by atoms with Crippen LogP contribution in [0.1, 0.15) is 27.9 Å². The molecular weight excluding hydrogens is 396 g/mol. The van der Waals surface area contributed by atoms with Gasteiger partial charge >= 0.3 is 0 Å². The highest BCUT2D eigenvalue weighted by Gasteiger charge is 2.45. The summed E-state index contributed by atoms with van der Waals surface area (Å²) in [6.07, 6.45) is 6.35. The molecule has 0 fully saturated rings. The summed E-state index contributed by atoms with van der Waals surface area (Å²) in [5.74, 6) is -0.960. The molecule has 0 amide bonds. The van der Waals surface area contributed by atoms with Gasteiger partial charge in [-0.2, -0.15) is 0 Å². The third-order valence-corrected chi connectivity index (χ3v) is 5.51. The van der Waals surface area contributed by atoms with E-state index in [-0.39, 0.29) is 17.0 Å². The van der Waals surface area contributed by atoms with E-state index in [0.717, 1.165) is 11.3 Å². The van der Waals surface area contributed by atoms with Crippen LogP contribution in [0.4, 0.5) is 8.78 Å². The van der Waals surface area contributed by atoms with Crippen molar-refractivity contribution < 1.29 is 8.78 Å². The summed E-state index contributed by atoms with van der Waals surface area (Å²) >= 11 is 0. The number of aromatic nitrogens is 3. The van der Waals surface area contributed by atoms with Crippen LogP contribution in [0.25, 0.3) is 11.1 Å². The lowest BCUT2D eigenvalue weighted by Gasteiger charge is -2.30. The average Bonchev–Trinajstić information content (AvgIpc) is 3.09. The van der Waals surface area contributed by atoms with Gasteiger partial charge in [-0.3, -0.25) is 4.98 Å². The number of halogens is 2. The van der Waals surface area contributed by atoms with Gasteiger partial charge in [0.1, 0.15) is 29.3 Å². The molecule has 0 bridgehead atoms. The van der Waals surface area contributed by atoms with Crippen LogP contribution in [0.15, 0.2) is 78.4 Å². The second kappa shape index (κ2) is 7.05. The Morgan fingerprint density at radius 2 is 1.68 bits per heavy atom. The molecule has 2 aromatic heterocycles. The number of aryl methyl sites for hydroxylation is 1. The largest absolute Gasteiger partial charge is 0.383 e. The molecule has 1 unspecified atom stereocenters. The Balaban J connectivity index is 1.87. The first-order valence-electron chi connectivity index (χ1n) is 9.64. The summed E-state index contributed by atoms with van der Waals surface area (Å²) in [5.41, 5.74) is 8.56. The monoisotopic (exact) mass is 413 g/mol. The number of benzene rings is 2. The minimum absolute atomic E-state index is 0.0235. The smallest absolute Gasteiger partial charge is 0.142 e. The van der Waals surface area contributed by atoms with Crippen LogP contribution in [0.5, 0.6) is 0 Å². The van der Waals surface area contributed by atoms with Crippen molar-refractivity contribution in [2.24, 2.45) is 10.7 Å². The van der Waals surface area contributed by atoms with Gasteiger partial charge in [-0.15, -0.1) is 0 Å². The van der Waals surface area contributed by atoms with Crippen LogP contribution >= 0.6 is 0 Å². The topological polar surface area (TPSA) is 77.0 Å². The van der Waals surface area contributed by atoms with Gasteiger partial charge in [0, 0.05) is 41.0 Å². The van der Waals surface area contributed by atoms with Crippen molar-refractivity contribution >= 4 is 5.84 Å². The van der Waals surface area contributed by atoms with Crippen molar-refractivity contribution in [2.45, 2.75) is 12.5 Å². The van der Waals surface area contributed by atoms with E-state index < -0.39 is 17.2 Å². The summed E-state index contributed by atoms with van der Waals surface area (Å²) in [6, 6.07) is 12.9. The number of fused-ring (bicyclic) bond motifs is 1. The third-order valence-electron chi connectivity index (χ3n) is 5.51. The van der Waals surface area contributed by atoms with E-state index in [1.165, 1.54) is 18.5 Å². The Hall–Kier alpha value is -4.00. The lowest BCUT2D eigenvalue weighted by molar-refractivity contribution is 0.557. The van der Waals surface area contributed by atoms with Crippen LogP contribution in [0, 0.1) is 18.6 Å².